The molecule has 1 aliphatic rings. The number of nitrogens with one attached hydrogen (secondary N) is 2. The molecule has 1 aliphatic heterocycles. The van der Waals surface area contributed by atoms with Gasteiger partial charge in [0, 0.05) is 0 Å². The lowest BCUT2D eigenvalue weighted by Gasteiger charge is -2.28. The molecule has 2 aromatic carbocycles. The Morgan fingerprint density at radius 1 is 1.07 bits per heavy atom. The molecular formula is C23H24N2O4. The summed E-state index contributed by atoms with van der Waals surface area (Å²) < 4.78 is 10.7. The van der Waals surface area contributed by atoms with Gasteiger partial charge in [0.15, 0.2) is 0 Å². The van der Waals surface area contributed by atoms with Gasteiger partial charge in [-0.15, -0.1) is 0 Å². The number of urea groups is 1. The maximum Gasteiger partial charge on any atom is 0.338 e. The van der Waals surface area contributed by atoms with Crippen LogP contribution in [-0.4, -0.2) is 31.3 Å². The van der Waals surface area contributed by atoms with Gasteiger partial charge in [-0.05, 0) is 49.2 Å². The second-order valence-corrected chi connectivity index (χ2v) is 6.82. The second-order valence-electron chi connectivity index (χ2n) is 6.82. The molecule has 2 aromatic rings. The van der Waals surface area contributed by atoms with Crippen molar-refractivity contribution in [2.75, 3.05) is 7.11 Å². The predicted octanol–water partition coefficient (Wildman–Crippen LogP) is 3.75. The Bertz CT molecular complexity index is 931. The highest BCUT2D eigenvalue weighted by Gasteiger charge is 2.32. The van der Waals surface area contributed by atoms with E-state index in [9.17, 15) is 9.59 Å². The van der Waals surface area contributed by atoms with E-state index in [0.717, 1.165) is 5.56 Å². The van der Waals surface area contributed by atoms with E-state index in [1.165, 1.54) is 0 Å². The van der Waals surface area contributed by atoms with Crippen molar-refractivity contribution in [2.24, 2.45) is 0 Å². The highest BCUT2D eigenvalue weighted by atomic mass is 16.5. The van der Waals surface area contributed by atoms with Crippen LogP contribution >= 0.6 is 0 Å². The summed E-state index contributed by atoms with van der Waals surface area (Å²) in [5.41, 5.74) is 2.41. The minimum atomic E-state index is -0.632. The van der Waals surface area contributed by atoms with Gasteiger partial charge < -0.3 is 20.1 Å². The number of benzene rings is 2. The van der Waals surface area contributed by atoms with Crippen LogP contribution in [-0.2, 0) is 9.53 Å². The molecule has 6 heteroatoms. The van der Waals surface area contributed by atoms with E-state index in [2.05, 4.69) is 10.6 Å². The van der Waals surface area contributed by atoms with Gasteiger partial charge in [-0.3, -0.25) is 0 Å². The summed E-state index contributed by atoms with van der Waals surface area (Å²) in [6.45, 7) is 3.57. The molecule has 1 unspecified atom stereocenters. The van der Waals surface area contributed by atoms with E-state index < -0.39 is 12.0 Å². The van der Waals surface area contributed by atoms with E-state index in [-0.39, 0.29) is 12.1 Å². The lowest BCUT2D eigenvalue weighted by molar-refractivity contribution is -0.142. The van der Waals surface area contributed by atoms with Gasteiger partial charge in [0.1, 0.15) is 5.75 Å². The molecule has 150 valence electrons. The van der Waals surface area contributed by atoms with Gasteiger partial charge in [-0.1, -0.05) is 42.5 Å². The van der Waals surface area contributed by atoms with E-state index in [0.29, 0.717) is 22.6 Å². The minimum absolute atomic E-state index is 0.288. The van der Waals surface area contributed by atoms with Crippen molar-refractivity contribution in [1.29, 1.82) is 0 Å². The average molecular weight is 392 g/mol. The predicted molar refractivity (Wildman–Crippen MR) is 112 cm³/mol. The number of rotatable bonds is 6. The van der Waals surface area contributed by atoms with Crippen molar-refractivity contribution in [3.05, 3.63) is 77.4 Å². The zero-order chi connectivity index (χ0) is 20.8. The molecule has 0 aliphatic carbocycles. The lowest BCUT2D eigenvalue weighted by Crippen LogP contribution is -2.49. The monoisotopic (exact) mass is 392 g/mol. The summed E-state index contributed by atoms with van der Waals surface area (Å²) in [6, 6.07) is 15.8. The van der Waals surface area contributed by atoms with Crippen molar-refractivity contribution in [3.8, 4) is 5.75 Å². The maximum atomic E-state index is 12.9. The number of amides is 2. The van der Waals surface area contributed by atoms with Crippen molar-refractivity contribution < 1.29 is 19.1 Å². The van der Waals surface area contributed by atoms with E-state index in [4.69, 9.17) is 9.47 Å². The van der Waals surface area contributed by atoms with Crippen LogP contribution in [0.4, 0.5) is 4.79 Å². The van der Waals surface area contributed by atoms with Crippen LogP contribution < -0.4 is 15.4 Å². The Kier molecular flexibility index (Phi) is 6.34. The quantitative estimate of drug-likeness (QED) is 0.734. The fourth-order valence-corrected chi connectivity index (χ4v) is 2.99. The summed E-state index contributed by atoms with van der Waals surface area (Å²) in [7, 11) is 1.58. The molecule has 29 heavy (non-hydrogen) atoms. The molecule has 0 aromatic heterocycles. The Morgan fingerprint density at radius 2 is 1.76 bits per heavy atom. The minimum Gasteiger partial charge on any atom is -0.497 e. The lowest BCUT2D eigenvalue weighted by atomic mass is 9.97. The first kappa shape index (κ1) is 20.2. The Balaban J connectivity index is 2.05. The third kappa shape index (κ3) is 5.04. The van der Waals surface area contributed by atoms with Crippen LogP contribution in [0.3, 0.4) is 0 Å². The summed E-state index contributed by atoms with van der Waals surface area (Å²) in [5, 5.41) is 5.55. The highest BCUT2D eigenvalue weighted by molar-refractivity contribution is 6.05. The standard InChI is InChI=1S/C23H24N2O4/c1-15(2)29-22(26)20-19(14-9-16-7-5-4-6-8-16)24-23(27)25-21(20)17-10-12-18(28-3)13-11-17/h4-15,19H,1-3H3,(H2,24,25,27)/b14-9+. The van der Waals surface area contributed by atoms with Gasteiger partial charge in [-0.2, -0.15) is 0 Å². The highest BCUT2D eigenvalue weighted by Crippen LogP contribution is 2.26. The van der Waals surface area contributed by atoms with Crippen molar-refractivity contribution in [2.45, 2.75) is 26.0 Å². The van der Waals surface area contributed by atoms with Crippen LogP contribution in [0.15, 0.2) is 66.2 Å². The molecular weight excluding hydrogens is 368 g/mol. The fourth-order valence-electron chi connectivity index (χ4n) is 2.99. The number of carbonyl (C=O) groups is 2. The molecule has 3 rings (SSSR count). The largest absolute Gasteiger partial charge is 0.497 e. The van der Waals surface area contributed by atoms with Crippen molar-refractivity contribution in [3.63, 3.8) is 0 Å². The first-order valence-corrected chi connectivity index (χ1v) is 9.38. The van der Waals surface area contributed by atoms with E-state index in [1.807, 2.05) is 36.4 Å². The van der Waals surface area contributed by atoms with E-state index >= 15 is 0 Å². The number of methoxy groups -OCH3 is 1. The smallest absolute Gasteiger partial charge is 0.338 e. The van der Waals surface area contributed by atoms with Crippen LogP contribution in [0.2, 0.25) is 0 Å². The van der Waals surface area contributed by atoms with Gasteiger partial charge >= 0.3 is 12.0 Å². The molecule has 2 amide bonds. The Hall–Kier alpha value is -3.54. The van der Waals surface area contributed by atoms with Gasteiger partial charge in [0.05, 0.1) is 30.5 Å². The summed E-state index contributed by atoms with van der Waals surface area (Å²) >= 11 is 0. The normalized spacial score (nSPS) is 16.6. The molecule has 2 N–H and O–H groups in total. The number of hydrogen-bond donors (Lipinski definition) is 2. The zero-order valence-electron chi connectivity index (χ0n) is 16.6. The molecule has 0 spiro atoms. The third-order valence-corrected chi connectivity index (χ3v) is 4.33. The summed E-state index contributed by atoms with van der Waals surface area (Å²) in [4.78, 5) is 25.2. The summed E-state index contributed by atoms with van der Waals surface area (Å²) in [6.07, 6.45) is 3.36. The maximum absolute atomic E-state index is 12.9. The Morgan fingerprint density at radius 3 is 2.38 bits per heavy atom. The third-order valence-electron chi connectivity index (χ3n) is 4.33. The molecule has 0 radical (unpaired) electrons. The number of ether oxygens (including phenoxy) is 2. The van der Waals surface area contributed by atoms with Crippen LogP contribution in [0.5, 0.6) is 5.75 Å². The second kappa shape index (κ2) is 9.10. The van der Waals surface area contributed by atoms with Crippen LogP contribution in [0.25, 0.3) is 11.8 Å². The fraction of sp³-hybridized carbons (Fsp3) is 0.217. The molecule has 1 atom stereocenters. The SMILES string of the molecule is COc1ccc(C2=C(C(=O)OC(C)C)C(/C=C/c3ccccc3)NC(=O)N2)cc1. The number of hydrogen-bond acceptors (Lipinski definition) is 4. The molecule has 0 fully saturated rings. The molecule has 1 heterocycles. The molecule has 0 bridgehead atoms. The van der Waals surface area contributed by atoms with Gasteiger partial charge in [0.25, 0.3) is 0 Å². The van der Waals surface area contributed by atoms with E-state index in [1.54, 1.807) is 51.3 Å². The van der Waals surface area contributed by atoms with Crippen LogP contribution in [0, 0.1) is 0 Å². The molecule has 0 saturated carbocycles. The van der Waals surface area contributed by atoms with Crippen molar-refractivity contribution >= 4 is 23.8 Å². The first-order chi connectivity index (χ1) is 14.0. The van der Waals surface area contributed by atoms with Gasteiger partial charge in [-0.25, -0.2) is 9.59 Å². The first-order valence-electron chi connectivity index (χ1n) is 9.38. The number of esters is 1. The molecule has 6 nitrogen and oxygen atoms in total. The topological polar surface area (TPSA) is 76.7 Å². The summed E-state index contributed by atoms with van der Waals surface area (Å²) in [5.74, 6) is 0.197. The zero-order valence-corrected chi connectivity index (χ0v) is 16.6. The van der Waals surface area contributed by atoms with Gasteiger partial charge in [0.2, 0.25) is 0 Å². The Labute approximate surface area is 170 Å². The number of carbonyl (C=O) groups excluding carboxylic acids is 2. The molecule has 0 saturated heterocycles. The van der Waals surface area contributed by atoms with Crippen LogP contribution in [0.1, 0.15) is 25.0 Å². The van der Waals surface area contributed by atoms with Crippen molar-refractivity contribution in [1.82, 2.24) is 10.6 Å². The average Bonchev–Trinajstić information content (AvgIpc) is 2.72.